The van der Waals surface area contributed by atoms with Crippen molar-refractivity contribution in [3.05, 3.63) is 37.2 Å². The number of hydrogen-bond donors (Lipinski definition) is 0. The van der Waals surface area contributed by atoms with Gasteiger partial charge in [-0.1, -0.05) is 22.9 Å². The van der Waals surface area contributed by atoms with E-state index in [-0.39, 0.29) is 4.47 Å². The fourth-order valence-corrected chi connectivity index (χ4v) is 1.89. The minimum absolute atomic E-state index is 0.212. The molecule has 0 amide bonds. The van der Waals surface area contributed by atoms with Crippen molar-refractivity contribution in [3.8, 4) is 0 Å². The highest BCUT2D eigenvalue weighted by molar-refractivity contribution is 9.10. The van der Waals surface area contributed by atoms with Crippen molar-refractivity contribution in [2.45, 2.75) is 13.5 Å². The van der Waals surface area contributed by atoms with Gasteiger partial charge in [-0.2, -0.15) is 0 Å². The number of alkyl halides is 1. The van der Waals surface area contributed by atoms with Crippen molar-refractivity contribution >= 4 is 37.5 Å². The SMILES string of the molecule is CC(CBr)Cn1cc(Br)c(=O)c([N+](=O)[O-])c1. The third-order valence-electron chi connectivity index (χ3n) is 2.00. The minimum atomic E-state index is -0.664. The Bertz CT molecular complexity index is 459. The first kappa shape index (κ1) is 13.4. The van der Waals surface area contributed by atoms with Gasteiger partial charge in [-0.15, -0.1) is 0 Å². The normalized spacial score (nSPS) is 12.4. The van der Waals surface area contributed by atoms with Gasteiger partial charge >= 0.3 is 5.69 Å². The zero-order valence-corrected chi connectivity index (χ0v) is 11.7. The van der Waals surface area contributed by atoms with Gasteiger partial charge in [0.05, 0.1) is 15.6 Å². The Morgan fingerprint density at radius 1 is 1.56 bits per heavy atom. The van der Waals surface area contributed by atoms with Gasteiger partial charge in [0.15, 0.2) is 0 Å². The molecule has 1 aromatic rings. The summed E-state index contributed by atoms with van der Waals surface area (Å²) in [5.74, 6) is 0.328. The van der Waals surface area contributed by atoms with Gasteiger partial charge in [0.1, 0.15) is 0 Å². The highest BCUT2D eigenvalue weighted by Crippen LogP contribution is 2.13. The summed E-state index contributed by atoms with van der Waals surface area (Å²) in [4.78, 5) is 21.4. The molecule has 0 bridgehead atoms. The van der Waals surface area contributed by atoms with Crippen LogP contribution in [0, 0.1) is 16.0 Å². The lowest BCUT2D eigenvalue weighted by Crippen LogP contribution is -2.16. The highest BCUT2D eigenvalue weighted by Gasteiger charge is 2.16. The standard InChI is InChI=1S/C9H10Br2N2O3/c1-6(2-10)3-12-4-7(11)9(14)8(5-12)13(15)16/h4-6H,2-3H2,1H3. The summed E-state index contributed by atoms with van der Waals surface area (Å²) in [6, 6.07) is 0. The van der Waals surface area contributed by atoms with E-state index in [1.54, 1.807) is 10.8 Å². The molecule has 1 heterocycles. The van der Waals surface area contributed by atoms with Crippen LogP contribution in [0.5, 0.6) is 0 Å². The molecule has 1 unspecified atom stereocenters. The number of halogens is 2. The molecule has 0 aliphatic rings. The summed E-state index contributed by atoms with van der Waals surface area (Å²) in [6.07, 6.45) is 2.83. The summed E-state index contributed by atoms with van der Waals surface area (Å²) in [5.41, 5.74) is -0.996. The number of rotatable bonds is 4. The van der Waals surface area contributed by atoms with E-state index < -0.39 is 16.0 Å². The lowest BCUT2D eigenvalue weighted by Gasteiger charge is -2.11. The molecule has 0 aliphatic heterocycles. The maximum absolute atomic E-state index is 11.4. The fourth-order valence-electron chi connectivity index (χ4n) is 1.22. The Morgan fingerprint density at radius 3 is 2.69 bits per heavy atom. The second-order valence-electron chi connectivity index (χ2n) is 3.53. The monoisotopic (exact) mass is 352 g/mol. The van der Waals surface area contributed by atoms with Crippen LogP contribution in [0.25, 0.3) is 0 Å². The van der Waals surface area contributed by atoms with Gasteiger partial charge < -0.3 is 4.57 Å². The number of pyridine rings is 1. The molecule has 0 aromatic carbocycles. The number of nitrogens with zero attached hydrogens (tertiary/aromatic N) is 2. The molecular formula is C9H10Br2N2O3. The van der Waals surface area contributed by atoms with Crippen LogP contribution in [0.2, 0.25) is 0 Å². The van der Waals surface area contributed by atoms with Crippen molar-refractivity contribution in [1.82, 2.24) is 4.57 Å². The smallest absolute Gasteiger partial charge is 0.333 e. The average molecular weight is 354 g/mol. The van der Waals surface area contributed by atoms with E-state index in [9.17, 15) is 14.9 Å². The van der Waals surface area contributed by atoms with E-state index in [4.69, 9.17) is 0 Å². The largest absolute Gasteiger partial charge is 0.347 e. The maximum Gasteiger partial charge on any atom is 0.333 e. The van der Waals surface area contributed by atoms with Crippen molar-refractivity contribution < 1.29 is 4.92 Å². The third kappa shape index (κ3) is 3.15. The summed E-state index contributed by atoms with van der Waals surface area (Å²) in [5, 5.41) is 11.4. The van der Waals surface area contributed by atoms with Gasteiger partial charge in [0.25, 0.3) is 5.43 Å². The zero-order chi connectivity index (χ0) is 12.3. The van der Waals surface area contributed by atoms with Crippen LogP contribution in [-0.4, -0.2) is 14.8 Å². The first-order chi connectivity index (χ1) is 7.45. The molecule has 1 rings (SSSR count). The van der Waals surface area contributed by atoms with Crippen LogP contribution in [0.1, 0.15) is 6.92 Å². The molecule has 0 saturated carbocycles. The Kier molecular flexibility index (Phi) is 4.67. The average Bonchev–Trinajstić information content (AvgIpc) is 2.22. The number of hydrogen-bond acceptors (Lipinski definition) is 3. The molecule has 0 radical (unpaired) electrons. The Morgan fingerprint density at radius 2 is 2.19 bits per heavy atom. The van der Waals surface area contributed by atoms with Gasteiger partial charge in [-0.3, -0.25) is 14.9 Å². The van der Waals surface area contributed by atoms with Crippen molar-refractivity contribution in [1.29, 1.82) is 0 Å². The van der Waals surface area contributed by atoms with Gasteiger partial charge in [-0.05, 0) is 21.8 Å². The van der Waals surface area contributed by atoms with Crippen molar-refractivity contribution in [2.24, 2.45) is 5.92 Å². The summed E-state index contributed by atoms with van der Waals surface area (Å²) >= 11 is 6.36. The summed E-state index contributed by atoms with van der Waals surface area (Å²) < 4.78 is 1.86. The first-order valence-corrected chi connectivity index (χ1v) is 6.47. The molecule has 7 heteroatoms. The minimum Gasteiger partial charge on any atom is -0.347 e. The van der Waals surface area contributed by atoms with E-state index in [1.165, 1.54) is 6.20 Å². The van der Waals surface area contributed by atoms with Crippen molar-refractivity contribution in [2.75, 3.05) is 5.33 Å². The molecule has 16 heavy (non-hydrogen) atoms. The summed E-state index contributed by atoms with van der Waals surface area (Å²) in [7, 11) is 0. The van der Waals surface area contributed by atoms with Crippen LogP contribution in [0.3, 0.4) is 0 Å². The molecule has 0 saturated heterocycles. The van der Waals surface area contributed by atoms with Crippen LogP contribution in [-0.2, 0) is 6.54 Å². The Hall–Kier alpha value is -0.690. The topological polar surface area (TPSA) is 65.1 Å². The van der Waals surface area contributed by atoms with E-state index in [0.29, 0.717) is 12.5 Å². The number of nitro groups is 1. The third-order valence-corrected chi connectivity index (χ3v) is 3.67. The Labute approximate surface area is 109 Å². The van der Waals surface area contributed by atoms with Gasteiger partial charge in [-0.25, -0.2) is 0 Å². The van der Waals surface area contributed by atoms with Gasteiger partial charge in [0, 0.05) is 18.1 Å². The van der Waals surface area contributed by atoms with Crippen LogP contribution in [0.15, 0.2) is 21.7 Å². The molecule has 1 aromatic heterocycles. The molecule has 88 valence electrons. The Balaban J connectivity index is 3.14. The quantitative estimate of drug-likeness (QED) is 0.474. The first-order valence-electron chi connectivity index (χ1n) is 4.55. The number of aromatic nitrogens is 1. The highest BCUT2D eigenvalue weighted by atomic mass is 79.9. The molecule has 0 aliphatic carbocycles. The fraction of sp³-hybridized carbons (Fsp3) is 0.444. The molecule has 5 nitrogen and oxygen atoms in total. The molecule has 0 spiro atoms. The van der Waals surface area contributed by atoms with Gasteiger partial charge in [0.2, 0.25) is 0 Å². The molecule has 0 fully saturated rings. The second kappa shape index (κ2) is 5.58. The maximum atomic E-state index is 11.4. The van der Waals surface area contributed by atoms with Crippen LogP contribution in [0.4, 0.5) is 5.69 Å². The second-order valence-corrected chi connectivity index (χ2v) is 5.04. The molecular weight excluding hydrogens is 344 g/mol. The lowest BCUT2D eigenvalue weighted by molar-refractivity contribution is -0.386. The predicted molar refractivity (Wildman–Crippen MR) is 68.0 cm³/mol. The van der Waals surface area contributed by atoms with E-state index in [2.05, 4.69) is 31.9 Å². The van der Waals surface area contributed by atoms with Crippen molar-refractivity contribution in [3.63, 3.8) is 0 Å². The predicted octanol–water partition coefficient (Wildman–Crippen LogP) is 2.55. The van der Waals surface area contributed by atoms with E-state index in [1.807, 2.05) is 6.92 Å². The molecule has 1 atom stereocenters. The van der Waals surface area contributed by atoms with E-state index in [0.717, 1.165) is 5.33 Å². The summed E-state index contributed by atoms with van der Waals surface area (Å²) in [6.45, 7) is 2.62. The van der Waals surface area contributed by atoms with Crippen LogP contribution >= 0.6 is 31.9 Å². The van der Waals surface area contributed by atoms with E-state index >= 15 is 0 Å². The zero-order valence-electron chi connectivity index (χ0n) is 8.52. The lowest BCUT2D eigenvalue weighted by atomic mass is 10.2. The van der Waals surface area contributed by atoms with Crippen LogP contribution < -0.4 is 5.43 Å². The molecule has 0 N–H and O–H groups in total.